The summed E-state index contributed by atoms with van der Waals surface area (Å²) in [4.78, 5) is 31.3. The van der Waals surface area contributed by atoms with Crippen LogP contribution in [0, 0.1) is 0 Å². The van der Waals surface area contributed by atoms with Crippen LogP contribution >= 0.6 is 11.8 Å². The number of nitrogens with zero attached hydrogens (tertiary/aromatic N) is 3. The van der Waals surface area contributed by atoms with Gasteiger partial charge >= 0.3 is 5.97 Å². The number of fused-ring (bicyclic) bond motifs is 1. The first-order chi connectivity index (χ1) is 9.66. The summed E-state index contributed by atoms with van der Waals surface area (Å²) < 4.78 is 0. The van der Waals surface area contributed by atoms with E-state index in [1.165, 1.54) is 16.7 Å². The molecule has 7 heteroatoms. The van der Waals surface area contributed by atoms with Crippen LogP contribution in [-0.2, 0) is 9.59 Å². The number of carboxylic acids is 1. The van der Waals surface area contributed by atoms with Crippen molar-refractivity contribution in [1.29, 1.82) is 0 Å². The van der Waals surface area contributed by atoms with Crippen LogP contribution in [0.2, 0.25) is 0 Å². The molecule has 3 aliphatic rings. The van der Waals surface area contributed by atoms with Gasteiger partial charge in [0.2, 0.25) is 5.91 Å². The SMILES string of the molecule is O=C(O)C1C=CCN1C(=O)CC1=CSC2=NCCCN12. The van der Waals surface area contributed by atoms with Gasteiger partial charge in [0.05, 0.1) is 6.42 Å². The summed E-state index contributed by atoms with van der Waals surface area (Å²) in [7, 11) is 0. The van der Waals surface area contributed by atoms with E-state index in [2.05, 4.69) is 9.89 Å². The van der Waals surface area contributed by atoms with Crippen molar-refractivity contribution in [1.82, 2.24) is 9.80 Å². The molecular weight excluding hydrogens is 278 g/mol. The van der Waals surface area contributed by atoms with Crippen LogP contribution in [0.15, 0.2) is 28.2 Å². The van der Waals surface area contributed by atoms with Crippen LogP contribution in [0.1, 0.15) is 12.8 Å². The Morgan fingerprint density at radius 2 is 2.35 bits per heavy atom. The molecule has 0 saturated carbocycles. The predicted octanol–water partition coefficient (Wildman–Crippen LogP) is 0.878. The Balaban J connectivity index is 1.67. The van der Waals surface area contributed by atoms with E-state index in [9.17, 15) is 9.59 Å². The highest BCUT2D eigenvalue weighted by molar-refractivity contribution is 8.16. The quantitative estimate of drug-likeness (QED) is 0.782. The van der Waals surface area contributed by atoms with Crippen molar-refractivity contribution in [2.75, 3.05) is 19.6 Å². The molecule has 0 bridgehead atoms. The molecule has 1 atom stereocenters. The number of thioether (sulfide) groups is 1. The topological polar surface area (TPSA) is 73.2 Å². The number of carbonyl (C=O) groups is 2. The van der Waals surface area contributed by atoms with Gasteiger partial charge in [0.25, 0.3) is 0 Å². The second-order valence-corrected chi connectivity index (χ2v) is 5.67. The lowest BCUT2D eigenvalue weighted by molar-refractivity contribution is -0.146. The Morgan fingerprint density at radius 3 is 3.15 bits per heavy atom. The van der Waals surface area contributed by atoms with Crippen LogP contribution in [0.4, 0.5) is 0 Å². The minimum Gasteiger partial charge on any atom is -0.479 e. The molecule has 6 nitrogen and oxygen atoms in total. The molecule has 0 aliphatic carbocycles. The number of amides is 1. The second kappa shape index (κ2) is 5.32. The highest BCUT2D eigenvalue weighted by Crippen LogP contribution is 2.31. The maximum absolute atomic E-state index is 12.3. The van der Waals surface area contributed by atoms with Crippen LogP contribution < -0.4 is 0 Å². The molecule has 0 aromatic carbocycles. The average molecular weight is 293 g/mol. The molecule has 0 radical (unpaired) electrons. The summed E-state index contributed by atoms with van der Waals surface area (Å²) in [5, 5.41) is 12.0. The Bertz CT molecular complexity index is 541. The van der Waals surface area contributed by atoms with Gasteiger partial charge in [0.1, 0.15) is 6.04 Å². The minimum atomic E-state index is -0.984. The zero-order valence-corrected chi connectivity index (χ0v) is 11.7. The lowest BCUT2D eigenvalue weighted by Crippen LogP contribution is -2.42. The van der Waals surface area contributed by atoms with Crippen molar-refractivity contribution in [2.24, 2.45) is 4.99 Å². The van der Waals surface area contributed by atoms with Gasteiger partial charge < -0.3 is 14.9 Å². The first-order valence-corrected chi connectivity index (χ1v) is 7.41. The molecule has 1 unspecified atom stereocenters. The first-order valence-electron chi connectivity index (χ1n) is 6.53. The van der Waals surface area contributed by atoms with Crippen LogP contribution in [-0.4, -0.2) is 57.6 Å². The van der Waals surface area contributed by atoms with E-state index >= 15 is 0 Å². The van der Waals surface area contributed by atoms with E-state index in [0.29, 0.717) is 6.54 Å². The normalized spacial score (nSPS) is 24.5. The molecule has 3 aliphatic heterocycles. The van der Waals surface area contributed by atoms with E-state index in [-0.39, 0.29) is 12.3 Å². The van der Waals surface area contributed by atoms with Crippen molar-refractivity contribution in [2.45, 2.75) is 18.9 Å². The lowest BCUT2D eigenvalue weighted by Gasteiger charge is -2.27. The maximum Gasteiger partial charge on any atom is 0.330 e. The number of aliphatic carboxylic acids is 1. The summed E-state index contributed by atoms with van der Waals surface area (Å²) in [6.45, 7) is 2.09. The summed E-state index contributed by atoms with van der Waals surface area (Å²) in [6.07, 6.45) is 4.50. The Hall–Kier alpha value is -1.76. The Morgan fingerprint density at radius 1 is 1.50 bits per heavy atom. The largest absolute Gasteiger partial charge is 0.479 e. The average Bonchev–Trinajstić information content (AvgIpc) is 3.06. The number of hydrogen-bond acceptors (Lipinski definition) is 5. The standard InChI is InChI=1S/C13H15N3O3S/c17-11(16-5-1-3-10(16)12(18)19)7-9-8-20-13-14-4-2-6-15(9)13/h1,3,8,10H,2,4-7H2,(H,18,19). The third kappa shape index (κ3) is 2.33. The number of carboxylic acid groups (broad SMARTS) is 1. The molecule has 3 rings (SSSR count). The smallest absolute Gasteiger partial charge is 0.330 e. The molecule has 0 aromatic heterocycles. The molecular formula is C13H15N3O3S. The van der Waals surface area contributed by atoms with Crippen molar-refractivity contribution >= 4 is 28.8 Å². The van der Waals surface area contributed by atoms with E-state index < -0.39 is 12.0 Å². The van der Waals surface area contributed by atoms with Gasteiger partial charge in [-0.05, 0) is 11.8 Å². The number of rotatable bonds is 3. The van der Waals surface area contributed by atoms with Gasteiger partial charge in [-0.1, -0.05) is 23.9 Å². The second-order valence-electron chi connectivity index (χ2n) is 4.83. The van der Waals surface area contributed by atoms with E-state index in [4.69, 9.17) is 5.11 Å². The summed E-state index contributed by atoms with van der Waals surface area (Å²) in [5.41, 5.74) is 0.925. The van der Waals surface area contributed by atoms with Crippen molar-refractivity contribution in [3.8, 4) is 0 Å². The molecule has 1 N–H and O–H groups in total. The number of hydrogen-bond donors (Lipinski definition) is 1. The van der Waals surface area contributed by atoms with Crippen molar-refractivity contribution < 1.29 is 14.7 Å². The zero-order chi connectivity index (χ0) is 14.1. The molecule has 106 valence electrons. The molecule has 0 fully saturated rings. The molecule has 20 heavy (non-hydrogen) atoms. The summed E-state index contributed by atoms with van der Waals surface area (Å²) in [5.74, 6) is -1.14. The Labute approximate surface area is 120 Å². The lowest BCUT2D eigenvalue weighted by atomic mass is 10.2. The van der Waals surface area contributed by atoms with Gasteiger partial charge in [-0.2, -0.15) is 0 Å². The first kappa shape index (κ1) is 13.2. The number of amidine groups is 1. The molecule has 0 aromatic rings. The molecule has 1 amide bonds. The fraction of sp³-hybridized carbons (Fsp3) is 0.462. The zero-order valence-electron chi connectivity index (χ0n) is 10.9. The van der Waals surface area contributed by atoms with Crippen LogP contribution in [0.5, 0.6) is 0 Å². The van der Waals surface area contributed by atoms with Crippen LogP contribution in [0.3, 0.4) is 0 Å². The van der Waals surface area contributed by atoms with Crippen molar-refractivity contribution in [3.63, 3.8) is 0 Å². The molecule has 0 saturated heterocycles. The molecule has 0 spiro atoms. The summed E-state index contributed by atoms with van der Waals surface area (Å²) in [6, 6.07) is -0.827. The van der Waals surface area contributed by atoms with E-state index in [1.807, 2.05) is 5.41 Å². The van der Waals surface area contributed by atoms with Gasteiger partial charge in [-0.25, -0.2) is 4.79 Å². The minimum absolute atomic E-state index is 0.152. The van der Waals surface area contributed by atoms with Crippen LogP contribution in [0.25, 0.3) is 0 Å². The third-order valence-corrected chi connectivity index (χ3v) is 4.48. The highest BCUT2D eigenvalue weighted by atomic mass is 32.2. The van der Waals surface area contributed by atoms with Crippen molar-refractivity contribution in [3.05, 3.63) is 23.3 Å². The number of carbonyl (C=O) groups excluding carboxylic acids is 1. The van der Waals surface area contributed by atoms with E-state index in [1.54, 1.807) is 12.2 Å². The van der Waals surface area contributed by atoms with Gasteiger partial charge in [-0.3, -0.25) is 9.79 Å². The number of aliphatic imine (C=N–C) groups is 1. The Kier molecular flexibility index (Phi) is 3.52. The predicted molar refractivity (Wildman–Crippen MR) is 76.2 cm³/mol. The van der Waals surface area contributed by atoms with Gasteiger partial charge in [0, 0.05) is 25.3 Å². The fourth-order valence-corrected chi connectivity index (χ4v) is 3.48. The van der Waals surface area contributed by atoms with Gasteiger partial charge in [0.15, 0.2) is 5.17 Å². The monoisotopic (exact) mass is 293 g/mol. The summed E-state index contributed by atoms with van der Waals surface area (Å²) >= 11 is 1.54. The highest BCUT2D eigenvalue weighted by Gasteiger charge is 2.33. The van der Waals surface area contributed by atoms with Gasteiger partial charge in [-0.15, -0.1) is 0 Å². The molecule has 3 heterocycles. The van der Waals surface area contributed by atoms with E-state index in [0.717, 1.165) is 30.4 Å². The third-order valence-electron chi connectivity index (χ3n) is 3.53. The maximum atomic E-state index is 12.3. The fourth-order valence-electron chi connectivity index (χ4n) is 2.52.